The van der Waals surface area contributed by atoms with E-state index in [4.69, 9.17) is 0 Å². The van der Waals surface area contributed by atoms with Crippen molar-refractivity contribution < 1.29 is 4.79 Å². The average molecular weight is 264 g/mol. The summed E-state index contributed by atoms with van der Waals surface area (Å²) in [5, 5.41) is 9.36. The summed E-state index contributed by atoms with van der Waals surface area (Å²) in [7, 11) is 0. The number of thioether (sulfide) groups is 1. The number of carbonyl (C=O) groups excluding carboxylic acids is 1. The molecule has 88 valence electrons. The topological polar surface area (TPSA) is 41.1 Å². The minimum Gasteiger partial charge on any atom is -0.325 e. The summed E-state index contributed by atoms with van der Waals surface area (Å²) in [6.07, 6.45) is 0. The van der Waals surface area contributed by atoms with Crippen molar-refractivity contribution in [2.75, 3.05) is 16.9 Å². The van der Waals surface area contributed by atoms with E-state index in [0.29, 0.717) is 0 Å². The largest absolute Gasteiger partial charge is 0.325 e. The molecule has 1 amide bonds. The SMILES string of the molecule is O=C(Nc1ccc2sccc2c1)C1CSCN1. The maximum Gasteiger partial charge on any atom is 0.242 e. The van der Waals surface area contributed by atoms with Gasteiger partial charge in [-0.3, -0.25) is 10.1 Å². The summed E-state index contributed by atoms with van der Waals surface area (Å²) in [5.74, 6) is 1.78. The van der Waals surface area contributed by atoms with E-state index >= 15 is 0 Å². The van der Waals surface area contributed by atoms with Gasteiger partial charge in [-0.05, 0) is 35.0 Å². The fraction of sp³-hybridized carbons (Fsp3) is 0.250. The molecule has 0 bridgehead atoms. The Kier molecular flexibility index (Phi) is 3.05. The van der Waals surface area contributed by atoms with Crippen molar-refractivity contribution >= 4 is 44.8 Å². The van der Waals surface area contributed by atoms with Gasteiger partial charge in [0.05, 0.1) is 6.04 Å². The highest BCUT2D eigenvalue weighted by molar-refractivity contribution is 7.99. The molecule has 1 fully saturated rings. The summed E-state index contributed by atoms with van der Waals surface area (Å²) in [6, 6.07) is 8.04. The van der Waals surface area contributed by atoms with Gasteiger partial charge in [0.25, 0.3) is 0 Å². The Balaban J connectivity index is 1.77. The first kappa shape index (κ1) is 11.1. The zero-order chi connectivity index (χ0) is 11.7. The van der Waals surface area contributed by atoms with Crippen LogP contribution in [0.3, 0.4) is 0 Å². The molecule has 2 heterocycles. The Morgan fingerprint density at radius 2 is 2.35 bits per heavy atom. The molecule has 2 N–H and O–H groups in total. The average Bonchev–Trinajstić information content (AvgIpc) is 2.99. The zero-order valence-electron chi connectivity index (χ0n) is 9.10. The second-order valence-electron chi connectivity index (χ2n) is 3.93. The van der Waals surface area contributed by atoms with Crippen LogP contribution in [0.15, 0.2) is 29.6 Å². The van der Waals surface area contributed by atoms with Crippen LogP contribution >= 0.6 is 23.1 Å². The van der Waals surface area contributed by atoms with Gasteiger partial charge in [0.15, 0.2) is 0 Å². The molecular weight excluding hydrogens is 252 g/mol. The smallest absolute Gasteiger partial charge is 0.242 e. The molecule has 1 aromatic carbocycles. The van der Waals surface area contributed by atoms with Gasteiger partial charge in [0, 0.05) is 22.0 Å². The number of hydrogen-bond acceptors (Lipinski definition) is 4. The van der Waals surface area contributed by atoms with Crippen LogP contribution in [-0.2, 0) is 4.79 Å². The Morgan fingerprint density at radius 1 is 1.41 bits per heavy atom. The number of hydrogen-bond donors (Lipinski definition) is 2. The Morgan fingerprint density at radius 3 is 3.18 bits per heavy atom. The van der Waals surface area contributed by atoms with Crippen LogP contribution in [0.2, 0.25) is 0 Å². The van der Waals surface area contributed by atoms with Crippen LogP contribution in [0, 0.1) is 0 Å². The molecule has 1 saturated heterocycles. The summed E-state index contributed by atoms with van der Waals surface area (Å²) in [5.41, 5.74) is 0.875. The molecule has 1 aromatic heterocycles. The summed E-state index contributed by atoms with van der Waals surface area (Å²) in [4.78, 5) is 11.9. The molecule has 0 saturated carbocycles. The summed E-state index contributed by atoms with van der Waals surface area (Å²) >= 11 is 3.47. The molecule has 0 radical (unpaired) electrons. The van der Waals surface area contributed by atoms with Gasteiger partial charge in [-0.1, -0.05) is 0 Å². The molecule has 0 spiro atoms. The third-order valence-electron chi connectivity index (χ3n) is 2.75. The van der Waals surface area contributed by atoms with Crippen molar-refractivity contribution in [3.63, 3.8) is 0 Å². The molecular formula is C12H12N2OS2. The lowest BCUT2D eigenvalue weighted by Crippen LogP contribution is -2.37. The Labute approximate surface area is 108 Å². The van der Waals surface area contributed by atoms with Gasteiger partial charge in [-0.25, -0.2) is 0 Å². The summed E-state index contributed by atoms with van der Waals surface area (Å²) < 4.78 is 1.25. The number of fused-ring (bicyclic) bond motifs is 1. The fourth-order valence-corrected chi connectivity index (χ4v) is 3.55. The van der Waals surface area contributed by atoms with Crippen molar-refractivity contribution in [1.29, 1.82) is 0 Å². The van der Waals surface area contributed by atoms with Crippen LogP contribution in [0.5, 0.6) is 0 Å². The third kappa shape index (κ3) is 2.31. The quantitative estimate of drug-likeness (QED) is 0.875. The fourth-order valence-electron chi connectivity index (χ4n) is 1.84. The lowest BCUT2D eigenvalue weighted by molar-refractivity contribution is -0.117. The number of thiophene rings is 1. The van der Waals surface area contributed by atoms with Gasteiger partial charge in [0.2, 0.25) is 5.91 Å². The van der Waals surface area contributed by atoms with E-state index in [1.807, 2.05) is 18.2 Å². The minimum atomic E-state index is -0.0572. The number of carbonyl (C=O) groups is 1. The molecule has 17 heavy (non-hydrogen) atoms. The maximum atomic E-state index is 11.9. The Hall–Kier alpha value is -1.04. The standard InChI is InChI=1S/C12H12N2OS2/c15-12(10-6-16-7-13-10)14-9-1-2-11-8(5-9)3-4-17-11/h1-5,10,13H,6-7H2,(H,14,15). The van der Waals surface area contributed by atoms with E-state index in [0.717, 1.165) is 17.3 Å². The van der Waals surface area contributed by atoms with Crippen LogP contribution in [0.1, 0.15) is 0 Å². The van der Waals surface area contributed by atoms with Crippen LogP contribution in [-0.4, -0.2) is 23.6 Å². The predicted molar refractivity (Wildman–Crippen MR) is 74.7 cm³/mol. The maximum absolute atomic E-state index is 11.9. The van der Waals surface area contributed by atoms with E-state index in [1.54, 1.807) is 23.1 Å². The van der Waals surface area contributed by atoms with Crippen molar-refractivity contribution in [1.82, 2.24) is 5.32 Å². The molecule has 1 aliphatic heterocycles. The van der Waals surface area contributed by atoms with E-state index in [2.05, 4.69) is 22.1 Å². The van der Waals surface area contributed by atoms with Crippen molar-refractivity contribution in [2.45, 2.75) is 6.04 Å². The van der Waals surface area contributed by atoms with Gasteiger partial charge in [0.1, 0.15) is 0 Å². The molecule has 1 unspecified atom stereocenters. The van der Waals surface area contributed by atoms with Gasteiger partial charge in [-0.15, -0.1) is 23.1 Å². The highest BCUT2D eigenvalue weighted by Gasteiger charge is 2.22. The normalized spacial score (nSPS) is 19.6. The van der Waals surface area contributed by atoms with Gasteiger partial charge >= 0.3 is 0 Å². The molecule has 0 aliphatic carbocycles. The van der Waals surface area contributed by atoms with Crippen LogP contribution < -0.4 is 10.6 Å². The zero-order valence-corrected chi connectivity index (χ0v) is 10.7. The van der Waals surface area contributed by atoms with Crippen molar-refractivity contribution in [3.05, 3.63) is 29.6 Å². The minimum absolute atomic E-state index is 0.0572. The first-order chi connectivity index (χ1) is 8.33. The highest BCUT2D eigenvalue weighted by atomic mass is 32.2. The van der Waals surface area contributed by atoms with Gasteiger partial charge in [-0.2, -0.15) is 0 Å². The molecule has 3 nitrogen and oxygen atoms in total. The second kappa shape index (κ2) is 4.68. The number of nitrogens with one attached hydrogen (secondary N) is 2. The first-order valence-electron chi connectivity index (χ1n) is 5.42. The number of anilines is 1. The van der Waals surface area contributed by atoms with E-state index < -0.39 is 0 Å². The van der Waals surface area contributed by atoms with Gasteiger partial charge < -0.3 is 5.32 Å². The highest BCUT2D eigenvalue weighted by Crippen LogP contribution is 2.24. The third-order valence-corrected chi connectivity index (χ3v) is 4.59. The second-order valence-corrected chi connectivity index (χ2v) is 5.91. The first-order valence-corrected chi connectivity index (χ1v) is 7.45. The van der Waals surface area contributed by atoms with Crippen LogP contribution in [0.25, 0.3) is 10.1 Å². The van der Waals surface area contributed by atoms with Crippen LogP contribution in [0.4, 0.5) is 5.69 Å². The molecule has 1 atom stereocenters. The number of amides is 1. The monoisotopic (exact) mass is 264 g/mol. The molecule has 5 heteroatoms. The Bertz CT molecular complexity index is 546. The number of rotatable bonds is 2. The molecule has 3 rings (SSSR count). The van der Waals surface area contributed by atoms with E-state index in [1.165, 1.54) is 10.1 Å². The van der Waals surface area contributed by atoms with Crippen molar-refractivity contribution in [3.8, 4) is 0 Å². The van der Waals surface area contributed by atoms with Crippen molar-refractivity contribution in [2.24, 2.45) is 0 Å². The van der Waals surface area contributed by atoms with E-state index in [-0.39, 0.29) is 11.9 Å². The lowest BCUT2D eigenvalue weighted by atomic mass is 10.2. The molecule has 2 aromatic rings. The lowest BCUT2D eigenvalue weighted by Gasteiger charge is -2.10. The summed E-state index contributed by atoms with van der Waals surface area (Å²) in [6.45, 7) is 0. The number of benzene rings is 1. The van der Waals surface area contributed by atoms with E-state index in [9.17, 15) is 4.79 Å². The predicted octanol–water partition coefficient (Wildman–Crippen LogP) is 2.50. The molecule has 1 aliphatic rings.